The number of aromatic nitrogens is 1. The lowest BCUT2D eigenvalue weighted by molar-refractivity contribution is 0.0904. The highest BCUT2D eigenvalue weighted by Crippen LogP contribution is 2.17. The van der Waals surface area contributed by atoms with Crippen LogP contribution >= 0.6 is 11.8 Å². The summed E-state index contributed by atoms with van der Waals surface area (Å²) in [4.78, 5) is 19.1. The highest BCUT2D eigenvalue weighted by Gasteiger charge is 2.23. The quantitative estimate of drug-likeness (QED) is 0.723. The SMILES string of the molecule is CSCCC(N)c1nc(C(=O)NC2CCN(Cc3ccccc3)CC2)co1. The molecule has 146 valence electrons. The molecule has 2 aromatic rings. The molecule has 2 heterocycles. The van der Waals surface area contributed by atoms with E-state index in [1.54, 1.807) is 11.8 Å². The molecule has 3 N–H and O–H groups in total. The van der Waals surface area contributed by atoms with Crippen LogP contribution < -0.4 is 11.1 Å². The Labute approximate surface area is 164 Å². The van der Waals surface area contributed by atoms with Crippen molar-refractivity contribution in [3.8, 4) is 0 Å². The fourth-order valence-electron chi connectivity index (χ4n) is 3.27. The van der Waals surface area contributed by atoms with Crippen LogP contribution in [0.5, 0.6) is 0 Å². The van der Waals surface area contributed by atoms with Gasteiger partial charge in [0, 0.05) is 25.7 Å². The Hall–Kier alpha value is -1.83. The Morgan fingerprint density at radius 1 is 1.37 bits per heavy atom. The maximum atomic E-state index is 12.4. The van der Waals surface area contributed by atoms with E-state index >= 15 is 0 Å². The van der Waals surface area contributed by atoms with Crippen molar-refractivity contribution >= 4 is 17.7 Å². The minimum Gasteiger partial charge on any atom is -0.446 e. The number of oxazole rings is 1. The number of hydrogen-bond acceptors (Lipinski definition) is 6. The second kappa shape index (κ2) is 9.92. The van der Waals surface area contributed by atoms with E-state index in [4.69, 9.17) is 10.2 Å². The summed E-state index contributed by atoms with van der Waals surface area (Å²) in [5.74, 6) is 1.20. The van der Waals surface area contributed by atoms with Gasteiger partial charge < -0.3 is 15.5 Å². The third-order valence-corrected chi connectivity index (χ3v) is 5.52. The van der Waals surface area contributed by atoms with E-state index in [-0.39, 0.29) is 18.0 Å². The molecule has 1 aliphatic heterocycles. The van der Waals surface area contributed by atoms with E-state index < -0.39 is 0 Å². The smallest absolute Gasteiger partial charge is 0.273 e. The predicted octanol–water partition coefficient (Wildman–Crippen LogP) is 2.82. The fourth-order valence-corrected chi connectivity index (χ4v) is 3.76. The average Bonchev–Trinajstić information content (AvgIpc) is 3.19. The molecule has 1 amide bonds. The van der Waals surface area contributed by atoms with Crippen LogP contribution in [0, 0.1) is 0 Å². The van der Waals surface area contributed by atoms with Crippen molar-refractivity contribution in [3.63, 3.8) is 0 Å². The summed E-state index contributed by atoms with van der Waals surface area (Å²) >= 11 is 1.73. The van der Waals surface area contributed by atoms with Gasteiger partial charge in [0.05, 0.1) is 6.04 Å². The van der Waals surface area contributed by atoms with Crippen LogP contribution in [0.15, 0.2) is 41.0 Å². The predicted molar refractivity (Wildman–Crippen MR) is 109 cm³/mol. The van der Waals surface area contributed by atoms with E-state index in [0.29, 0.717) is 11.6 Å². The van der Waals surface area contributed by atoms with Crippen molar-refractivity contribution in [2.24, 2.45) is 5.73 Å². The van der Waals surface area contributed by atoms with Gasteiger partial charge in [-0.3, -0.25) is 9.69 Å². The van der Waals surface area contributed by atoms with Crippen molar-refractivity contribution < 1.29 is 9.21 Å². The molecule has 0 bridgehead atoms. The summed E-state index contributed by atoms with van der Waals surface area (Å²) in [5.41, 5.74) is 7.69. The highest BCUT2D eigenvalue weighted by atomic mass is 32.2. The zero-order valence-electron chi connectivity index (χ0n) is 15.8. The van der Waals surface area contributed by atoms with Gasteiger partial charge in [-0.15, -0.1) is 0 Å². The number of nitrogens with zero attached hydrogens (tertiary/aromatic N) is 2. The molecule has 0 aliphatic carbocycles. The number of nitrogens with two attached hydrogens (primary N) is 1. The first-order chi connectivity index (χ1) is 13.2. The zero-order chi connectivity index (χ0) is 19.1. The van der Waals surface area contributed by atoms with Crippen LogP contribution in [0.3, 0.4) is 0 Å². The lowest BCUT2D eigenvalue weighted by Crippen LogP contribution is -2.44. The van der Waals surface area contributed by atoms with Crippen LogP contribution in [-0.2, 0) is 6.54 Å². The van der Waals surface area contributed by atoms with Crippen LogP contribution in [-0.4, -0.2) is 46.9 Å². The molecule has 1 unspecified atom stereocenters. The van der Waals surface area contributed by atoms with Gasteiger partial charge in [0.2, 0.25) is 5.89 Å². The Bertz CT molecular complexity index is 714. The van der Waals surface area contributed by atoms with E-state index in [1.165, 1.54) is 11.8 Å². The maximum absolute atomic E-state index is 12.4. The third-order valence-electron chi connectivity index (χ3n) is 4.88. The summed E-state index contributed by atoms with van der Waals surface area (Å²) in [6.07, 6.45) is 6.11. The van der Waals surface area contributed by atoms with Crippen LogP contribution in [0.4, 0.5) is 0 Å². The largest absolute Gasteiger partial charge is 0.446 e. The van der Waals surface area contributed by atoms with E-state index in [1.807, 2.05) is 12.3 Å². The van der Waals surface area contributed by atoms with Crippen molar-refractivity contribution in [1.82, 2.24) is 15.2 Å². The van der Waals surface area contributed by atoms with Crippen molar-refractivity contribution in [2.45, 2.75) is 37.9 Å². The summed E-state index contributed by atoms with van der Waals surface area (Å²) < 4.78 is 5.40. The summed E-state index contributed by atoms with van der Waals surface area (Å²) in [6.45, 7) is 2.91. The van der Waals surface area contributed by atoms with Gasteiger partial charge in [-0.2, -0.15) is 11.8 Å². The lowest BCUT2D eigenvalue weighted by atomic mass is 10.0. The number of rotatable bonds is 8. The van der Waals surface area contributed by atoms with Crippen LogP contribution in [0.1, 0.15) is 47.2 Å². The molecule has 27 heavy (non-hydrogen) atoms. The Morgan fingerprint density at radius 3 is 2.81 bits per heavy atom. The summed E-state index contributed by atoms with van der Waals surface area (Å²) in [6, 6.07) is 10.4. The van der Waals surface area contributed by atoms with Gasteiger partial charge in [-0.05, 0) is 36.8 Å². The number of piperidine rings is 1. The number of likely N-dealkylation sites (tertiary alicyclic amines) is 1. The standard InChI is InChI=1S/C20H28N4O2S/c1-27-12-9-17(21)20-23-18(14-26-20)19(25)22-16-7-10-24(11-8-16)13-15-5-3-2-4-6-15/h2-6,14,16-17H,7-13,21H2,1H3,(H,22,25). The molecule has 0 spiro atoms. The molecule has 1 aromatic heterocycles. The van der Waals surface area contributed by atoms with E-state index in [0.717, 1.165) is 44.6 Å². The first kappa shape index (κ1) is 19.9. The number of carbonyl (C=O) groups is 1. The molecule has 0 saturated carbocycles. The molecule has 1 aliphatic rings. The topological polar surface area (TPSA) is 84.4 Å². The number of benzene rings is 1. The molecule has 1 saturated heterocycles. The van der Waals surface area contributed by atoms with Gasteiger partial charge >= 0.3 is 0 Å². The molecule has 7 heteroatoms. The zero-order valence-corrected chi connectivity index (χ0v) is 16.6. The molecule has 6 nitrogen and oxygen atoms in total. The lowest BCUT2D eigenvalue weighted by Gasteiger charge is -2.32. The first-order valence-corrected chi connectivity index (χ1v) is 10.8. The third kappa shape index (κ3) is 5.82. The van der Waals surface area contributed by atoms with E-state index in [9.17, 15) is 4.79 Å². The molecule has 1 aromatic carbocycles. The minimum atomic E-state index is -0.264. The molecular weight excluding hydrogens is 360 g/mol. The van der Waals surface area contributed by atoms with Gasteiger partial charge in [-0.1, -0.05) is 30.3 Å². The van der Waals surface area contributed by atoms with Gasteiger partial charge in [0.25, 0.3) is 5.91 Å². The summed E-state index contributed by atoms with van der Waals surface area (Å²) in [5, 5.41) is 3.08. The van der Waals surface area contributed by atoms with Crippen molar-refractivity contribution in [3.05, 3.63) is 53.7 Å². The number of carbonyl (C=O) groups excluding carboxylic acids is 1. The maximum Gasteiger partial charge on any atom is 0.273 e. The normalized spacial score (nSPS) is 17.0. The average molecular weight is 389 g/mol. The van der Waals surface area contributed by atoms with Crippen LogP contribution in [0.25, 0.3) is 0 Å². The summed E-state index contributed by atoms with van der Waals surface area (Å²) in [7, 11) is 0. The molecule has 1 fully saturated rings. The van der Waals surface area contributed by atoms with Gasteiger partial charge in [-0.25, -0.2) is 4.98 Å². The van der Waals surface area contributed by atoms with E-state index in [2.05, 4.69) is 39.5 Å². The van der Waals surface area contributed by atoms with Gasteiger partial charge in [0.15, 0.2) is 5.69 Å². The molecule has 0 radical (unpaired) electrons. The number of hydrogen-bond donors (Lipinski definition) is 2. The Morgan fingerprint density at radius 2 is 2.11 bits per heavy atom. The second-order valence-electron chi connectivity index (χ2n) is 6.97. The second-order valence-corrected chi connectivity index (χ2v) is 7.95. The highest BCUT2D eigenvalue weighted by molar-refractivity contribution is 7.98. The molecular formula is C20H28N4O2S. The number of nitrogens with one attached hydrogen (secondary N) is 1. The van der Waals surface area contributed by atoms with Crippen molar-refractivity contribution in [1.29, 1.82) is 0 Å². The fraction of sp³-hybridized carbons (Fsp3) is 0.500. The Kier molecular flexibility index (Phi) is 7.32. The van der Waals surface area contributed by atoms with Crippen LogP contribution in [0.2, 0.25) is 0 Å². The first-order valence-electron chi connectivity index (χ1n) is 9.43. The monoisotopic (exact) mass is 388 g/mol. The number of thioether (sulfide) groups is 1. The van der Waals surface area contributed by atoms with Gasteiger partial charge in [0.1, 0.15) is 6.26 Å². The number of amides is 1. The molecule has 1 atom stereocenters. The Balaban J connectivity index is 1.45. The molecule has 3 rings (SSSR count). The van der Waals surface area contributed by atoms with Crippen molar-refractivity contribution in [2.75, 3.05) is 25.1 Å². The minimum absolute atomic E-state index is 0.176.